The number of allylic oxidation sites excluding steroid dienone is 1. The van der Waals surface area contributed by atoms with Crippen molar-refractivity contribution >= 4 is 34.7 Å². The quantitative estimate of drug-likeness (QED) is 0.272. The molecular weight excluding hydrogens is 557 g/mol. The van der Waals surface area contributed by atoms with Gasteiger partial charge in [0.05, 0.1) is 5.25 Å². The molecule has 1 saturated heterocycles. The number of hydrogen-bond acceptors (Lipinski definition) is 8. The molecule has 0 bridgehead atoms. The van der Waals surface area contributed by atoms with E-state index >= 15 is 0 Å². The summed E-state index contributed by atoms with van der Waals surface area (Å²) >= 11 is 0. The summed E-state index contributed by atoms with van der Waals surface area (Å²) in [7, 11) is -1.36. The van der Waals surface area contributed by atoms with E-state index in [0.717, 1.165) is 43.6 Å². The second-order valence-corrected chi connectivity index (χ2v) is 11.9. The molecule has 0 radical (unpaired) electrons. The first-order chi connectivity index (χ1) is 19.4. The molecule has 1 aromatic rings. The summed E-state index contributed by atoms with van der Waals surface area (Å²) in [6.45, 7) is 8.27. The van der Waals surface area contributed by atoms with Crippen molar-refractivity contribution in [2.75, 3.05) is 20.1 Å². The van der Waals surface area contributed by atoms with E-state index in [1.54, 1.807) is 12.1 Å². The normalized spacial score (nSPS) is 21.9. The summed E-state index contributed by atoms with van der Waals surface area (Å²) in [5.74, 6) is -0.816. The first kappa shape index (κ1) is 35.7. The lowest BCUT2D eigenvalue weighted by Crippen LogP contribution is -2.39. The Hall–Kier alpha value is -3.36. The molecule has 41 heavy (non-hydrogen) atoms. The summed E-state index contributed by atoms with van der Waals surface area (Å²) in [5, 5.41) is 6.56. The number of amides is 3. The molecule has 12 nitrogen and oxygen atoms in total. The van der Waals surface area contributed by atoms with Crippen LogP contribution in [0.25, 0.3) is 0 Å². The van der Waals surface area contributed by atoms with Gasteiger partial charge in [0.15, 0.2) is 0 Å². The predicted octanol–water partition coefficient (Wildman–Crippen LogP) is 0.946. The Bertz CT molecular complexity index is 1150. The molecule has 3 unspecified atom stereocenters. The number of carboxylic acid groups (broad SMARTS) is 1. The first-order valence-electron chi connectivity index (χ1n) is 13.3. The summed E-state index contributed by atoms with van der Waals surface area (Å²) in [6, 6.07) is 4.94. The lowest BCUT2D eigenvalue weighted by atomic mass is 10.1. The Kier molecular flexibility index (Phi) is 15.2. The predicted molar refractivity (Wildman–Crippen MR) is 152 cm³/mol. The van der Waals surface area contributed by atoms with Crippen molar-refractivity contribution in [2.24, 2.45) is 23.3 Å². The average Bonchev–Trinajstić information content (AvgIpc) is 3.83. The Labute approximate surface area is 241 Å². The summed E-state index contributed by atoms with van der Waals surface area (Å²) in [4.78, 5) is 44.1. The molecule has 3 fully saturated rings. The molecule has 3 amide bonds. The lowest BCUT2D eigenvalue weighted by Gasteiger charge is -2.15. The van der Waals surface area contributed by atoms with Crippen LogP contribution in [0.4, 0.5) is 4.39 Å². The Morgan fingerprint density at radius 2 is 1.83 bits per heavy atom. The number of nitrogens with zero attached hydrogens (tertiary/aromatic N) is 2. The fraction of sp³-hybridized carbons (Fsp3) is 0.556. The summed E-state index contributed by atoms with van der Waals surface area (Å²) in [5.41, 5.74) is 11.9. The maximum Gasteiger partial charge on any atom is 0.290 e. The van der Waals surface area contributed by atoms with Gasteiger partial charge in [0.1, 0.15) is 11.9 Å². The third kappa shape index (κ3) is 12.0. The van der Waals surface area contributed by atoms with E-state index in [2.05, 4.69) is 16.2 Å². The fourth-order valence-corrected chi connectivity index (χ4v) is 5.58. The fourth-order valence-electron chi connectivity index (χ4n) is 4.22. The average molecular weight is 600 g/mol. The number of hydrogen-bond donors (Lipinski definition) is 4. The molecule has 14 heteroatoms. The van der Waals surface area contributed by atoms with Gasteiger partial charge in [0.2, 0.25) is 28.2 Å². The smallest absolute Gasteiger partial charge is 0.290 e. The number of carbonyl (C=O) groups is 4. The molecular formula is C27H42FN5O7S. The van der Waals surface area contributed by atoms with Crippen LogP contribution in [-0.2, 0) is 42.3 Å². The summed E-state index contributed by atoms with van der Waals surface area (Å²) < 4.78 is 37.9. The lowest BCUT2D eigenvalue weighted by molar-refractivity contribution is -0.128. The van der Waals surface area contributed by atoms with Crippen LogP contribution in [0.3, 0.4) is 0 Å². The van der Waals surface area contributed by atoms with Crippen LogP contribution in [0.5, 0.6) is 0 Å². The third-order valence-corrected chi connectivity index (χ3v) is 8.36. The number of primary amides is 1. The Balaban J connectivity index is 0.000000284. The van der Waals surface area contributed by atoms with Crippen molar-refractivity contribution < 1.29 is 37.1 Å². The van der Waals surface area contributed by atoms with Crippen LogP contribution < -0.4 is 16.2 Å². The third-order valence-electron chi connectivity index (χ3n) is 6.53. The number of halogens is 1. The van der Waals surface area contributed by atoms with E-state index < -0.39 is 15.9 Å². The van der Waals surface area contributed by atoms with E-state index in [1.807, 2.05) is 20.0 Å². The minimum atomic E-state index is -3.36. The number of carbonyl (C=O) groups excluding carboxylic acids is 3. The van der Waals surface area contributed by atoms with Gasteiger partial charge in [-0.15, -0.1) is 6.58 Å². The van der Waals surface area contributed by atoms with Gasteiger partial charge in [-0.1, -0.05) is 25.1 Å². The van der Waals surface area contributed by atoms with Crippen molar-refractivity contribution in [3.8, 4) is 0 Å². The highest BCUT2D eigenvalue weighted by atomic mass is 32.2. The number of nitrogens with two attached hydrogens (primary N) is 2. The number of nitrogens with one attached hydrogen (secondary N) is 1. The zero-order valence-electron chi connectivity index (χ0n) is 23.6. The summed E-state index contributed by atoms with van der Waals surface area (Å²) in [6.07, 6.45) is 6.07. The molecule has 2 aliphatic carbocycles. The zero-order valence-corrected chi connectivity index (χ0v) is 24.4. The molecule has 0 aromatic heterocycles. The molecule has 0 spiro atoms. The molecule has 1 aromatic carbocycles. The highest BCUT2D eigenvalue weighted by Crippen LogP contribution is 2.40. The molecule has 5 rings (SSSR count). The van der Waals surface area contributed by atoms with Crippen LogP contribution >= 0.6 is 0 Å². The van der Waals surface area contributed by atoms with E-state index in [1.165, 1.54) is 11.0 Å². The van der Waals surface area contributed by atoms with E-state index in [0.29, 0.717) is 32.2 Å². The number of fused-ring (bicyclic) bond motifs is 1. The minimum Gasteiger partial charge on any atom is -0.483 e. The number of rotatable bonds is 6. The van der Waals surface area contributed by atoms with Crippen molar-refractivity contribution in [1.82, 2.24) is 14.5 Å². The topological polar surface area (TPSA) is 193 Å². The van der Waals surface area contributed by atoms with Crippen molar-refractivity contribution in [3.05, 3.63) is 47.8 Å². The monoisotopic (exact) mass is 599 g/mol. The Morgan fingerprint density at radius 1 is 1.22 bits per heavy atom. The van der Waals surface area contributed by atoms with Gasteiger partial charge in [0.25, 0.3) is 6.47 Å². The van der Waals surface area contributed by atoms with Gasteiger partial charge >= 0.3 is 0 Å². The van der Waals surface area contributed by atoms with E-state index in [-0.39, 0.29) is 41.3 Å². The second-order valence-electron chi connectivity index (χ2n) is 9.92. The zero-order chi connectivity index (χ0) is 31.2. The molecule has 3 atom stereocenters. The Morgan fingerprint density at radius 3 is 2.27 bits per heavy atom. The molecule has 2 aliphatic heterocycles. The SMILES string of the molecule is C=CC1CC1C(=O)NS(=O)(=O)C1CC1.CCN.CN1Cc2cccc(F)c2C1.NC(=O)C1CCCN1C=O.O=CO. The van der Waals surface area contributed by atoms with Crippen molar-refractivity contribution in [1.29, 1.82) is 0 Å². The maximum absolute atomic E-state index is 13.0. The highest BCUT2D eigenvalue weighted by molar-refractivity contribution is 7.90. The van der Waals surface area contributed by atoms with Crippen LogP contribution in [0.2, 0.25) is 0 Å². The number of likely N-dealkylation sites (tertiary alicyclic amines) is 1. The standard InChI is InChI=1S/C9H10FN.C9H13NO3S.C6H10N2O2.C2H7N.CH2O2/c1-11-5-7-3-2-4-9(10)8(7)6-11;1-2-6-5-8(6)9(11)10-14(12,13)7-3-4-7;7-6(10)5-2-1-3-8(5)4-9;1-2-3;2-1-3/h2-4H,5-6H2,1H3;2,6-8H,1,3-5H2,(H,10,11);4-5H,1-3H2,(H2,7,10);2-3H2,1H3;1H,(H,2,3). The van der Waals surface area contributed by atoms with Gasteiger partial charge in [-0.3, -0.25) is 28.8 Å². The van der Waals surface area contributed by atoms with Gasteiger partial charge in [-0.05, 0) is 63.2 Å². The molecule has 2 heterocycles. The highest BCUT2D eigenvalue weighted by Gasteiger charge is 2.44. The minimum absolute atomic E-state index is 0.0631. The van der Waals surface area contributed by atoms with E-state index in [4.69, 9.17) is 21.4 Å². The number of sulfonamides is 1. The van der Waals surface area contributed by atoms with Gasteiger partial charge in [-0.25, -0.2) is 12.8 Å². The largest absolute Gasteiger partial charge is 0.483 e. The van der Waals surface area contributed by atoms with Crippen LogP contribution in [0.15, 0.2) is 30.9 Å². The van der Waals surface area contributed by atoms with Crippen LogP contribution in [0, 0.1) is 17.7 Å². The molecule has 230 valence electrons. The molecule has 2 saturated carbocycles. The van der Waals surface area contributed by atoms with Crippen molar-refractivity contribution in [3.63, 3.8) is 0 Å². The van der Waals surface area contributed by atoms with Gasteiger partial charge in [0, 0.05) is 31.1 Å². The number of benzene rings is 1. The van der Waals surface area contributed by atoms with Crippen LogP contribution in [-0.4, -0.2) is 79.4 Å². The molecule has 4 aliphatic rings. The first-order valence-corrected chi connectivity index (χ1v) is 14.9. The van der Waals surface area contributed by atoms with Gasteiger partial charge < -0.3 is 21.5 Å². The maximum atomic E-state index is 13.0. The van der Waals surface area contributed by atoms with Crippen molar-refractivity contribution in [2.45, 2.75) is 63.4 Å². The van der Waals surface area contributed by atoms with E-state index in [9.17, 15) is 27.2 Å². The molecule has 6 N–H and O–H groups in total. The van der Waals surface area contributed by atoms with Gasteiger partial charge in [-0.2, -0.15) is 0 Å². The van der Waals surface area contributed by atoms with Crippen LogP contribution in [0.1, 0.15) is 50.2 Å². The second kappa shape index (κ2) is 17.5.